The molecule has 1 fully saturated rings. The number of rotatable bonds is 4. The van der Waals surface area contributed by atoms with E-state index in [1.54, 1.807) is 0 Å². The minimum absolute atomic E-state index is 0.439. The minimum Gasteiger partial charge on any atom is -0.314 e. The first kappa shape index (κ1) is 12.6. The lowest BCUT2D eigenvalue weighted by Crippen LogP contribution is -2.46. The number of aryl methyl sites for hydroxylation is 1. The molecule has 2 N–H and O–H groups in total. The first-order valence-corrected chi connectivity index (χ1v) is 6.46. The molecule has 2 rings (SSSR count). The van der Waals surface area contributed by atoms with Gasteiger partial charge in [0.05, 0.1) is 0 Å². The second-order valence-electron chi connectivity index (χ2n) is 4.80. The quantitative estimate of drug-likeness (QED) is 0.817. The fourth-order valence-corrected chi connectivity index (χ4v) is 2.31. The highest BCUT2D eigenvalue weighted by molar-refractivity contribution is 5.24. The molecule has 0 aliphatic carbocycles. The van der Waals surface area contributed by atoms with Crippen LogP contribution in [0.2, 0.25) is 0 Å². The second-order valence-corrected chi connectivity index (χ2v) is 4.80. The van der Waals surface area contributed by atoms with Gasteiger partial charge in [-0.25, -0.2) is 0 Å². The van der Waals surface area contributed by atoms with Crippen LogP contribution < -0.4 is 10.6 Å². The highest BCUT2D eigenvalue weighted by Crippen LogP contribution is 2.15. The van der Waals surface area contributed by atoms with Crippen molar-refractivity contribution in [3.63, 3.8) is 0 Å². The molecule has 94 valence electrons. The van der Waals surface area contributed by atoms with E-state index >= 15 is 0 Å². The van der Waals surface area contributed by atoms with E-state index in [2.05, 4.69) is 46.7 Å². The SMILES string of the molecule is CNC(CN1CCNCC1)c1ccc(C)cc1. The summed E-state index contributed by atoms with van der Waals surface area (Å²) in [5, 5.41) is 6.81. The molecule has 0 saturated carbocycles. The number of hydrogen-bond donors (Lipinski definition) is 2. The Labute approximate surface area is 104 Å². The normalized spacial score (nSPS) is 19.2. The Morgan fingerprint density at radius 2 is 1.88 bits per heavy atom. The molecule has 0 spiro atoms. The van der Waals surface area contributed by atoms with Gasteiger partial charge in [0.1, 0.15) is 0 Å². The van der Waals surface area contributed by atoms with Crippen LogP contribution in [0.1, 0.15) is 17.2 Å². The van der Waals surface area contributed by atoms with Crippen molar-refractivity contribution >= 4 is 0 Å². The van der Waals surface area contributed by atoms with Gasteiger partial charge in [0, 0.05) is 38.8 Å². The van der Waals surface area contributed by atoms with Gasteiger partial charge in [-0.2, -0.15) is 0 Å². The molecule has 0 amide bonds. The number of likely N-dealkylation sites (N-methyl/N-ethyl adjacent to an activating group) is 1. The van der Waals surface area contributed by atoms with E-state index in [-0.39, 0.29) is 0 Å². The number of nitrogens with one attached hydrogen (secondary N) is 2. The number of hydrogen-bond acceptors (Lipinski definition) is 3. The molecule has 1 aromatic rings. The number of piperazine rings is 1. The van der Waals surface area contributed by atoms with Crippen molar-refractivity contribution < 1.29 is 0 Å². The Morgan fingerprint density at radius 3 is 2.47 bits per heavy atom. The van der Waals surface area contributed by atoms with Crippen LogP contribution in [0.25, 0.3) is 0 Å². The van der Waals surface area contributed by atoms with Crippen molar-refractivity contribution in [2.75, 3.05) is 39.8 Å². The summed E-state index contributed by atoms with van der Waals surface area (Å²) in [5.41, 5.74) is 2.71. The maximum Gasteiger partial charge on any atom is 0.0446 e. The molecule has 3 nitrogen and oxygen atoms in total. The highest BCUT2D eigenvalue weighted by atomic mass is 15.2. The summed E-state index contributed by atoms with van der Waals surface area (Å²) in [6, 6.07) is 9.29. The van der Waals surface area contributed by atoms with Crippen LogP contribution in [-0.2, 0) is 0 Å². The van der Waals surface area contributed by atoms with Crippen LogP contribution in [-0.4, -0.2) is 44.7 Å². The van der Waals surface area contributed by atoms with Crippen molar-refractivity contribution in [3.05, 3.63) is 35.4 Å². The Hall–Kier alpha value is -0.900. The van der Waals surface area contributed by atoms with E-state index in [4.69, 9.17) is 0 Å². The van der Waals surface area contributed by atoms with Crippen LogP contribution in [0.15, 0.2) is 24.3 Å². The minimum atomic E-state index is 0.439. The van der Waals surface area contributed by atoms with E-state index in [1.807, 2.05) is 7.05 Å². The van der Waals surface area contributed by atoms with Gasteiger partial charge < -0.3 is 10.6 Å². The summed E-state index contributed by atoms with van der Waals surface area (Å²) in [6.45, 7) is 7.78. The molecule has 0 radical (unpaired) electrons. The lowest BCUT2D eigenvalue weighted by molar-refractivity contribution is 0.219. The predicted octanol–water partition coefficient (Wildman–Crippen LogP) is 1.16. The first-order chi connectivity index (χ1) is 8.29. The molecule has 1 aliphatic heterocycles. The lowest BCUT2D eigenvalue weighted by atomic mass is 10.0. The van der Waals surface area contributed by atoms with Crippen LogP contribution in [0.5, 0.6) is 0 Å². The Bertz CT molecular complexity index is 328. The van der Waals surface area contributed by atoms with E-state index in [0.29, 0.717) is 6.04 Å². The zero-order valence-corrected chi connectivity index (χ0v) is 10.9. The van der Waals surface area contributed by atoms with E-state index < -0.39 is 0 Å². The first-order valence-electron chi connectivity index (χ1n) is 6.46. The smallest absolute Gasteiger partial charge is 0.0446 e. The summed E-state index contributed by atoms with van der Waals surface area (Å²) in [4.78, 5) is 2.53. The molecule has 1 saturated heterocycles. The summed E-state index contributed by atoms with van der Waals surface area (Å²) < 4.78 is 0. The Morgan fingerprint density at radius 1 is 1.24 bits per heavy atom. The van der Waals surface area contributed by atoms with E-state index in [1.165, 1.54) is 11.1 Å². The monoisotopic (exact) mass is 233 g/mol. The molecule has 0 aromatic heterocycles. The molecule has 1 heterocycles. The van der Waals surface area contributed by atoms with Crippen LogP contribution >= 0.6 is 0 Å². The Balaban J connectivity index is 1.97. The van der Waals surface area contributed by atoms with Gasteiger partial charge in [-0.1, -0.05) is 29.8 Å². The molecule has 1 atom stereocenters. The van der Waals surface area contributed by atoms with Gasteiger partial charge in [-0.15, -0.1) is 0 Å². The zero-order chi connectivity index (χ0) is 12.1. The van der Waals surface area contributed by atoms with E-state index in [0.717, 1.165) is 32.7 Å². The molecule has 1 aromatic carbocycles. The highest BCUT2D eigenvalue weighted by Gasteiger charge is 2.16. The topological polar surface area (TPSA) is 27.3 Å². The van der Waals surface area contributed by atoms with Gasteiger partial charge in [-0.05, 0) is 19.5 Å². The molecule has 3 heteroatoms. The summed E-state index contributed by atoms with van der Waals surface area (Å²) >= 11 is 0. The molecule has 1 unspecified atom stereocenters. The van der Waals surface area contributed by atoms with Crippen molar-refractivity contribution in [1.29, 1.82) is 0 Å². The van der Waals surface area contributed by atoms with Crippen LogP contribution in [0.3, 0.4) is 0 Å². The average Bonchev–Trinajstić information content (AvgIpc) is 2.38. The van der Waals surface area contributed by atoms with Gasteiger partial charge in [0.15, 0.2) is 0 Å². The van der Waals surface area contributed by atoms with Crippen molar-refractivity contribution in [3.8, 4) is 0 Å². The average molecular weight is 233 g/mol. The van der Waals surface area contributed by atoms with Gasteiger partial charge >= 0.3 is 0 Å². The van der Waals surface area contributed by atoms with Crippen LogP contribution in [0.4, 0.5) is 0 Å². The number of benzene rings is 1. The second kappa shape index (κ2) is 6.15. The third-order valence-electron chi connectivity index (χ3n) is 3.48. The molecule has 17 heavy (non-hydrogen) atoms. The largest absolute Gasteiger partial charge is 0.314 e. The standard InChI is InChI=1S/C14H23N3/c1-12-3-5-13(6-4-12)14(15-2)11-17-9-7-16-8-10-17/h3-6,14-16H,7-11H2,1-2H3. The third-order valence-corrected chi connectivity index (χ3v) is 3.48. The van der Waals surface area contributed by atoms with Gasteiger partial charge in [0.2, 0.25) is 0 Å². The molecule has 1 aliphatic rings. The third kappa shape index (κ3) is 3.53. The fourth-order valence-electron chi connectivity index (χ4n) is 2.31. The van der Waals surface area contributed by atoms with Crippen molar-refractivity contribution in [2.24, 2.45) is 0 Å². The van der Waals surface area contributed by atoms with Gasteiger partial charge in [-0.3, -0.25) is 4.90 Å². The lowest BCUT2D eigenvalue weighted by Gasteiger charge is -2.31. The number of nitrogens with zero attached hydrogens (tertiary/aromatic N) is 1. The van der Waals surface area contributed by atoms with E-state index in [9.17, 15) is 0 Å². The summed E-state index contributed by atoms with van der Waals surface area (Å²) in [7, 11) is 2.05. The van der Waals surface area contributed by atoms with Crippen molar-refractivity contribution in [1.82, 2.24) is 15.5 Å². The summed E-state index contributed by atoms with van der Waals surface area (Å²) in [6.07, 6.45) is 0. The maximum absolute atomic E-state index is 3.42. The van der Waals surface area contributed by atoms with Crippen LogP contribution in [0, 0.1) is 6.92 Å². The van der Waals surface area contributed by atoms with Gasteiger partial charge in [0.25, 0.3) is 0 Å². The maximum atomic E-state index is 3.42. The molecular weight excluding hydrogens is 210 g/mol. The predicted molar refractivity (Wildman–Crippen MR) is 72.3 cm³/mol. The Kier molecular flexibility index (Phi) is 4.54. The molecular formula is C14H23N3. The zero-order valence-electron chi connectivity index (χ0n) is 10.9. The fraction of sp³-hybridized carbons (Fsp3) is 0.571. The van der Waals surface area contributed by atoms with Crippen molar-refractivity contribution in [2.45, 2.75) is 13.0 Å². The molecule has 0 bridgehead atoms. The summed E-state index contributed by atoms with van der Waals surface area (Å²) in [5.74, 6) is 0.